The Balaban J connectivity index is 2.62. The molecule has 2 aromatic rings. The van der Waals surface area contributed by atoms with Crippen LogP contribution in [-0.4, -0.2) is 5.91 Å². The van der Waals surface area contributed by atoms with Crippen molar-refractivity contribution >= 4 is 22.8 Å². The summed E-state index contributed by atoms with van der Waals surface area (Å²) >= 11 is 0. The number of carbonyl (C=O) groups excluding carboxylic acids is 1. The summed E-state index contributed by atoms with van der Waals surface area (Å²) in [6, 6.07) is 13.5. The van der Waals surface area contributed by atoms with Crippen LogP contribution in [0.2, 0.25) is 0 Å². The molecule has 2 rings (SSSR count). The Labute approximate surface area is 98.8 Å². The number of rotatable bonds is 2. The molecule has 0 saturated heterocycles. The zero-order valence-corrected chi connectivity index (χ0v) is 9.05. The number of nitriles is 1. The van der Waals surface area contributed by atoms with Gasteiger partial charge in [0.2, 0.25) is 5.91 Å². The number of benzene rings is 2. The highest BCUT2D eigenvalue weighted by Crippen LogP contribution is 2.20. The lowest BCUT2D eigenvalue weighted by molar-refractivity contribution is -0.113. The van der Waals surface area contributed by atoms with Crippen LogP contribution in [0, 0.1) is 11.3 Å². The van der Waals surface area contributed by atoms with Gasteiger partial charge in [0.15, 0.2) is 0 Å². The number of carbonyl (C=O) groups is 1. The minimum absolute atomic E-state index is 0.526. The molecule has 0 aliphatic carbocycles. The van der Waals surface area contributed by atoms with Crippen LogP contribution in [0.4, 0.5) is 0 Å². The molecule has 0 atom stereocenters. The topological polar surface area (TPSA) is 66.9 Å². The lowest BCUT2D eigenvalue weighted by Gasteiger charge is -2.02. The van der Waals surface area contributed by atoms with Crippen molar-refractivity contribution in [1.29, 1.82) is 5.26 Å². The maximum absolute atomic E-state index is 10.7. The Morgan fingerprint density at radius 2 is 1.88 bits per heavy atom. The fourth-order valence-corrected chi connectivity index (χ4v) is 1.66. The van der Waals surface area contributed by atoms with Crippen LogP contribution >= 0.6 is 0 Å². The highest BCUT2D eigenvalue weighted by molar-refractivity contribution is 5.93. The van der Waals surface area contributed by atoms with E-state index in [9.17, 15) is 4.79 Å². The van der Waals surface area contributed by atoms with Gasteiger partial charge in [-0.25, -0.2) is 0 Å². The van der Waals surface area contributed by atoms with Crippen LogP contribution in [0.15, 0.2) is 42.5 Å². The number of hydrogen-bond donors (Lipinski definition) is 1. The van der Waals surface area contributed by atoms with Crippen LogP contribution in [0.5, 0.6) is 0 Å². The van der Waals surface area contributed by atoms with Crippen LogP contribution < -0.4 is 5.73 Å². The molecule has 82 valence electrons. The van der Waals surface area contributed by atoms with Gasteiger partial charge < -0.3 is 5.73 Å². The predicted octanol–water partition coefficient (Wildman–Crippen LogP) is 2.21. The van der Waals surface area contributed by atoms with Crippen molar-refractivity contribution < 1.29 is 4.79 Å². The molecule has 0 aliphatic rings. The maximum Gasteiger partial charge on any atom is 0.241 e. The van der Waals surface area contributed by atoms with Crippen molar-refractivity contribution in [3.8, 4) is 6.07 Å². The molecular weight excluding hydrogens is 212 g/mol. The summed E-state index contributed by atoms with van der Waals surface area (Å²) in [5.41, 5.74) is 6.26. The summed E-state index contributed by atoms with van der Waals surface area (Å²) in [6.45, 7) is 0. The van der Waals surface area contributed by atoms with E-state index in [2.05, 4.69) is 6.07 Å². The van der Waals surface area contributed by atoms with Gasteiger partial charge in [-0.3, -0.25) is 4.79 Å². The van der Waals surface area contributed by atoms with Crippen molar-refractivity contribution in [3.05, 3.63) is 53.6 Å². The molecule has 3 heteroatoms. The van der Waals surface area contributed by atoms with Crippen molar-refractivity contribution in [2.45, 2.75) is 0 Å². The summed E-state index contributed by atoms with van der Waals surface area (Å²) < 4.78 is 0. The first-order valence-electron chi connectivity index (χ1n) is 5.11. The first-order valence-corrected chi connectivity index (χ1v) is 5.11. The highest BCUT2D eigenvalue weighted by atomic mass is 16.1. The van der Waals surface area contributed by atoms with Crippen LogP contribution in [0.25, 0.3) is 16.8 Å². The normalized spacial score (nSPS) is 10.5. The molecule has 2 aromatic carbocycles. The average Bonchev–Trinajstić information content (AvgIpc) is 2.35. The zero-order valence-electron chi connectivity index (χ0n) is 9.05. The quantitative estimate of drug-likeness (QED) is 0.791. The second-order valence-corrected chi connectivity index (χ2v) is 3.63. The number of nitrogens with zero attached hydrogens (tertiary/aromatic N) is 1. The third-order valence-electron chi connectivity index (χ3n) is 2.47. The molecule has 0 bridgehead atoms. The predicted molar refractivity (Wildman–Crippen MR) is 66.9 cm³/mol. The van der Waals surface area contributed by atoms with Gasteiger partial charge in [0.1, 0.15) is 0 Å². The van der Waals surface area contributed by atoms with Crippen molar-refractivity contribution in [1.82, 2.24) is 0 Å². The Bertz CT molecular complexity index is 651. The summed E-state index contributed by atoms with van der Waals surface area (Å²) in [4.78, 5) is 10.7. The molecule has 0 spiro atoms. The smallest absolute Gasteiger partial charge is 0.241 e. The number of hydrogen-bond acceptors (Lipinski definition) is 2. The van der Waals surface area contributed by atoms with E-state index < -0.39 is 5.91 Å². The van der Waals surface area contributed by atoms with Crippen LogP contribution in [0.3, 0.4) is 0 Å². The molecular formula is C14H10N2O. The second kappa shape index (κ2) is 4.50. The average molecular weight is 222 g/mol. The van der Waals surface area contributed by atoms with Gasteiger partial charge in [0.25, 0.3) is 0 Å². The number of primary amides is 1. The van der Waals surface area contributed by atoms with Gasteiger partial charge in [-0.2, -0.15) is 5.26 Å². The Hall–Kier alpha value is -2.60. The standard InChI is InChI=1S/C14H10N2O/c15-9-13-8-11-4-2-1-3-10(11)7-12(13)5-6-14(16)17/h1-8H,(H2,16,17)/b6-5-. The van der Waals surface area contributed by atoms with Gasteiger partial charge in [-0.1, -0.05) is 24.3 Å². The Morgan fingerprint density at radius 1 is 1.24 bits per heavy atom. The SMILES string of the molecule is N#Cc1cc2ccccc2cc1/C=C\C(N)=O. The van der Waals surface area contributed by atoms with Crippen LogP contribution in [0.1, 0.15) is 11.1 Å². The second-order valence-electron chi connectivity index (χ2n) is 3.63. The third kappa shape index (κ3) is 2.32. The molecule has 0 heterocycles. The fourth-order valence-electron chi connectivity index (χ4n) is 1.66. The van der Waals surface area contributed by atoms with Gasteiger partial charge in [0.05, 0.1) is 11.6 Å². The van der Waals surface area contributed by atoms with Gasteiger partial charge in [0, 0.05) is 6.08 Å². The fraction of sp³-hybridized carbons (Fsp3) is 0. The monoisotopic (exact) mass is 222 g/mol. The largest absolute Gasteiger partial charge is 0.366 e. The van der Waals surface area contributed by atoms with Crippen molar-refractivity contribution in [2.24, 2.45) is 5.73 Å². The molecule has 1 amide bonds. The van der Waals surface area contributed by atoms with E-state index in [0.717, 1.165) is 10.8 Å². The van der Waals surface area contributed by atoms with Crippen molar-refractivity contribution in [3.63, 3.8) is 0 Å². The molecule has 0 fully saturated rings. The zero-order chi connectivity index (χ0) is 12.3. The summed E-state index contributed by atoms with van der Waals surface area (Å²) in [5.74, 6) is -0.526. The maximum atomic E-state index is 10.7. The first kappa shape index (κ1) is 10.9. The molecule has 2 N–H and O–H groups in total. The number of fused-ring (bicyclic) bond motifs is 1. The van der Waals surface area contributed by atoms with E-state index in [1.165, 1.54) is 6.08 Å². The number of amides is 1. The molecule has 17 heavy (non-hydrogen) atoms. The Kier molecular flexibility index (Phi) is 2.89. The molecule has 3 nitrogen and oxygen atoms in total. The molecule has 0 aliphatic heterocycles. The minimum atomic E-state index is -0.526. The van der Waals surface area contributed by atoms with E-state index in [1.54, 1.807) is 12.1 Å². The third-order valence-corrected chi connectivity index (χ3v) is 2.47. The van der Waals surface area contributed by atoms with E-state index in [-0.39, 0.29) is 0 Å². The molecule has 0 aromatic heterocycles. The lowest BCUT2D eigenvalue weighted by atomic mass is 10.0. The van der Waals surface area contributed by atoms with Gasteiger partial charge >= 0.3 is 0 Å². The van der Waals surface area contributed by atoms with Gasteiger partial charge in [-0.15, -0.1) is 0 Å². The molecule has 0 saturated carbocycles. The molecule has 0 unspecified atom stereocenters. The highest BCUT2D eigenvalue weighted by Gasteiger charge is 2.01. The van der Waals surface area contributed by atoms with E-state index >= 15 is 0 Å². The van der Waals surface area contributed by atoms with Crippen molar-refractivity contribution in [2.75, 3.05) is 0 Å². The van der Waals surface area contributed by atoms with E-state index in [0.29, 0.717) is 11.1 Å². The van der Waals surface area contributed by atoms with E-state index in [4.69, 9.17) is 11.0 Å². The number of nitrogens with two attached hydrogens (primary N) is 1. The first-order chi connectivity index (χ1) is 8.20. The summed E-state index contributed by atoms with van der Waals surface area (Å²) in [6.07, 6.45) is 2.82. The lowest BCUT2D eigenvalue weighted by Crippen LogP contribution is -2.05. The minimum Gasteiger partial charge on any atom is -0.366 e. The van der Waals surface area contributed by atoms with Crippen LogP contribution in [-0.2, 0) is 4.79 Å². The summed E-state index contributed by atoms with van der Waals surface area (Å²) in [5, 5.41) is 11.1. The summed E-state index contributed by atoms with van der Waals surface area (Å²) in [7, 11) is 0. The Morgan fingerprint density at radius 3 is 2.47 bits per heavy atom. The van der Waals surface area contributed by atoms with Gasteiger partial charge in [-0.05, 0) is 34.5 Å². The van der Waals surface area contributed by atoms with E-state index in [1.807, 2.05) is 30.3 Å². The molecule has 0 radical (unpaired) electrons.